The number of hydrogen-bond donors (Lipinski definition) is 1. The van der Waals surface area contributed by atoms with Gasteiger partial charge in [0.1, 0.15) is 0 Å². The molecule has 0 saturated carbocycles. The van der Waals surface area contributed by atoms with Crippen molar-refractivity contribution in [2.75, 3.05) is 13.7 Å². The van der Waals surface area contributed by atoms with Crippen LogP contribution in [-0.4, -0.2) is 20.1 Å². The van der Waals surface area contributed by atoms with Crippen molar-refractivity contribution in [2.24, 2.45) is 5.73 Å². The summed E-state index contributed by atoms with van der Waals surface area (Å²) in [4.78, 5) is 0. The lowest BCUT2D eigenvalue weighted by molar-refractivity contribution is 0.117. The van der Waals surface area contributed by atoms with Crippen molar-refractivity contribution in [2.45, 2.75) is 12.3 Å². The fraction of sp³-hybridized carbons (Fsp3) is 0.400. The fourth-order valence-corrected chi connectivity index (χ4v) is 1.29. The molecule has 0 aliphatic carbocycles. The van der Waals surface area contributed by atoms with Crippen LogP contribution in [0.5, 0.6) is 5.75 Å². The van der Waals surface area contributed by atoms with Gasteiger partial charge in [0, 0.05) is 6.54 Å². The molecule has 0 heterocycles. The molecular formula is C10H12F3NO. The first-order valence-corrected chi connectivity index (χ1v) is 4.41. The van der Waals surface area contributed by atoms with Crippen molar-refractivity contribution in [1.82, 2.24) is 0 Å². The Morgan fingerprint density at radius 1 is 1.40 bits per heavy atom. The van der Waals surface area contributed by atoms with Crippen molar-refractivity contribution in [3.63, 3.8) is 0 Å². The van der Waals surface area contributed by atoms with Crippen LogP contribution in [0.2, 0.25) is 0 Å². The largest absolute Gasteiger partial charge is 0.494 e. The van der Waals surface area contributed by atoms with Crippen molar-refractivity contribution < 1.29 is 17.9 Å². The standard InChI is InChI=1S/C10H12F3NO/c1-15-9-4-6(2-3-8(9)11)7(5-14)10(12)13/h2-4,7,10H,5,14H2,1H3. The zero-order valence-corrected chi connectivity index (χ0v) is 8.21. The van der Waals surface area contributed by atoms with Gasteiger partial charge in [-0.2, -0.15) is 0 Å². The highest BCUT2D eigenvalue weighted by Gasteiger charge is 2.21. The summed E-state index contributed by atoms with van der Waals surface area (Å²) in [5.41, 5.74) is 5.50. The highest BCUT2D eigenvalue weighted by molar-refractivity contribution is 5.32. The summed E-state index contributed by atoms with van der Waals surface area (Å²) < 4.78 is 42.7. The lowest BCUT2D eigenvalue weighted by Gasteiger charge is -2.15. The Balaban J connectivity index is 3.03. The van der Waals surface area contributed by atoms with Gasteiger partial charge in [-0.15, -0.1) is 0 Å². The molecule has 1 rings (SSSR count). The number of nitrogens with two attached hydrogens (primary N) is 1. The van der Waals surface area contributed by atoms with E-state index < -0.39 is 18.2 Å². The minimum Gasteiger partial charge on any atom is -0.494 e. The minimum absolute atomic E-state index is 0.0494. The second-order valence-corrected chi connectivity index (χ2v) is 3.07. The van der Waals surface area contributed by atoms with Crippen LogP contribution in [0, 0.1) is 5.82 Å². The molecule has 0 aliphatic heterocycles. The maximum Gasteiger partial charge on any atom is 0.246 e. The molecule has 0 fully saturated rings. The summed E-state index contributed by atoms with van der Waals surface area (Å²) in [6.45, 7) is -0.188. The zero-order valence-electron chi connectivity index (χ0n) is 8.21. The van der Waals surface area contributed by atoms with E-state index in [1.807, 2.05) is 0 Å². The van der Waals surface area contributed by atoms with E-state index in [0.717, 1.165) is 6.07 Å². The SMILES string of the molecule is COc1cc(C(CN)C(F)F)ccc1F. The average Bonchev–Trinajstić information content (AvgIpc) is 2.21. The normalized spacial score (nSPS) is 12.9. The molecule has 2 N–H and O–H groups in total. The van der Waals surface area contributed by atoms with Gasteiger partial charge >= 0.3 is 0 Å². The van der Waals surface area contributed by atoms with Gasteiger partial charge in [-0.25, -0.2) is 13.2 Å². The topological polar surface area (TPSA) is 35.2 Å². The number of rotatable bonds is 4. The maximum atomic E-state index is 13.0. The van der Waals surface area contributed by atoms with Gasteiger partial charge in [0.15, 0.2) is 11.6 Å². The van der Waals surface area contributed by atoms with Crippen LogP contribution < -0.4 is 10.5 Å². The van der Waals surface area contributed by atoms with Crippen LogP contribution >= 0.6 is 0 Å². The van der Waals surface area contributed by atoms with Gasteiger partial charge in [0.25, 0.3) is 0 Å². The van der Waals surface area contributed by atoms with Crippen LogP contribution in [0.25, 0.3) is 0 Å². The predicted molar refractivity (Wildman–Crippen MR) is 50.8 cm³/mol. The molecular weight excluding hydrogens is 207 g/mol. The van der Waals surface area contributed by atoms with Gasteiger partial charge < -0.3 is 10.5 Å². The third-order valence-electron chi connectivity index (χ3n) is 2.16. The second-order valence-electron chi connectivity index (χ2n) is 3.07. The number of halogens is 3. The molecule has 1 unspecified atom stereocenters. The lowest BCUT2D eigenvalue weighted by atomic mass is 9.99. The van der Waals surface area contributed by atoms with Gasteiger partial charge in [0.05, 0.1) is 13.0 Å². The number of ether oxygens (including phenoxy) is 1. The Bertz CT molecular complexity index is 330. The maximum absolute atomic E-state index is 13.0. The highest BCUT2D eigenvalue weighted by Crippen LogP contribution is 2.27. The van der Waals surface area contributed by atoms with Crippen LogP contribution in [0.1, 0.15) is 11.5 Å². The Morgan fingerprint density at radius 2 is 2.07 bits per heavy atom. The molecule has 0 aliphatic rings. The molecule has 5 heteroatoms. The fourth-order valence-electron chi connectivity index (χ4n) is 1.29. The molecule has 0 spiro atoms. The Labute approximate surface area is 85.8 Å². The van der Waals surface area contributed by atoms with Crippen molar-refractivity contribution in [3.05, 3.63) is 29.6 Å². The molecule has 0 saturated heterocycles. The quantitative estimate of drug-likeness (QED) is 0.842. The predicted octanol–water partition coefficient (Wildman–Crippen LogP) is 2.14. The van der Waals surface area contributed by atoms with E-state index in [9.17, 15) is 13.2 Å². The average molecular weight is 219 g/mol. The van der Waals surface area contributed by atoms with Crippen molar-refractivity contribution in [1.29, 1.82) is 0 Å². The summed E-state index contributed by atoms with van der Waals surface area (Å²) in [7, 11) is 1.28. The van der Waals surface area contributed by atoms with E-state index in [1.165, 1.54) is 19.2 Å². The molecule has 0 amide bonds. The van der Waals surface area contributed by atoms with Gasteiger partial charge in [-0.3, -0.25) is 0 Å². The van der Waals surface area contributed by atoms with Crippen LogP contribution in [0.3, 0.4) is 0 Å². The summed E-state index contributed by atoms with van der Waals surface area (Å²) >= 11 is 0. The molecule has 84 valence electrons. The van der Waals surface area contributed by atoms with E-state index in [1.54, 1.807) is 0 Å². The molecule has 1 atom stereocenters. The molecule has 0 aromatic heterocycles. The Hall–Kier alpha value is -1.23. The lowest BCUT2D eigenvalue weighted by Crippen LogP contribution is -2.19. The smallest absolute Gasteiger partial charge is 0.246 e. The van der Waals surface area contributed by atoms with Crippen LogP contribution in [0.15, 0.2) is 18.2 Å². The number of alkyl halides is 2. The summed E-state index contributed by atoms with van der Waals surface area (Å²) in [5.74, 6) is -1.71. The Morgan fingerprint density at radius 3 is 2.53 bits per heavy atom. The molecule has 0 bridgehead atoms. The summed E-state index contributed by atoms with van der Waals surface area (Å²) in [6, 6.07) is 3.64. The van der Waals surface area contributed by atoms with E-state index in [0.29, 0.717) is 0 Å². The third kappa shape index (κ3) is 2.62. The third-order valence-corrected chi connectivity index (χ3v) is 2.16. The molecule has 0 radical (unpaired) electrons. The first-order chi connectivity index (χ1) is 7.10. The van der Waals surface area contributed by atoms with Crippen molar-refractivity contribution >= 4 is 0 Å². The summed E-state index contributed by atoms with van der Waals surface area (Å²) in [6.07, 6.45) is -2.56. The van der Waals surface area contributed by atoms with Gasteiger partial charge in [-0.1, -0.05) is 6.07 Å². The minimum atomic E-state index is -2.56. The van der Waals surface area contributed by atoms with E-state index in [-0.39, 0.29) is 17.9 Å². The van der Waals surface area contributed by atoms with Gasteiger partial charge in [-0.05, 0) is 17.7 Å². The molecule has 1 aromatic carbocycles. The zero-order chi connectivity index (χ0) is 11.4. The first-order valence-electron chi connectivity index (χ1n) is 4.41. The van der Waals surface area contributed by atoms with Crippen LogP contribution in [-0.2, 0) is 0 Å². The number of hydrogen-bond acceptors (Lipinski definition) is 2. The first kappa shape index (κ1) is 11.8. The Kier molecular flexibility index (Phi) is 3.96. The van der Waals surface area contributed by atoms with Crippen molar-refractivity contribution in [3.8, 4) is 5.75 Å². The van der Waals surface area contributed by atoms with Crippen LogP contribution in [0.4, 0.5) is 13.2 Å². The molecule has 1 aromatic rings. The highest BCUT2D eigenvalue weighted by atomic mass is 19.3. The van der Waals surface area contributed by atoms with Gasteiger partial charge in [0.2, 0.25) is 6.43 Å². The second kappa shape index (κ2) is 5.02. The molecule has 15 heavy (non-hydrogen) atoms. The van der Waals surface area contributed by atoms with E-state index >= 15 is 0 Å². The molecule has 2 nitrogen and oxygen atoms in total. The summed E-state index contributed by atoms with van der Waals surface area (Å²) in [5, 5.41) is 0. The number of benzene rings is 1. The van der Waals surface area contributed by atoms with E-state index in [4.69, 9.17) is 10.5 Å². The van der Waals surface area contributed by atoms with E-state index in [2.05, 4.69) is 0 Å². The monoisotopic (exact) mass is 219 g/mol. The number of methoxy groups -OCH3 is 1.